The molecule has 27 heavy (non-hydrogen) atoms. The number of thiazole rings is 1. The number of nitrogens with two attached hydrogens (primary N) is 1. The average Bonchev–Trinajstić information content (AvgIpc) is 3.12. The Morgan fingerprint density at radius 1 is 1.11 bits per heavy atom. The summed E-state index contributed by atoms with van der Waals surface area (Å²) in [5.74, 6) is -1.15. The van der Waals surface area contributed by atoms with Crippen molar-refractivity contribution in [3.8, 4) is 10.6 Å². The highest BCUT2D eigenvalue weighted by atomic mass is 32.2. The molecule has 138 valence electrons. The van der Waals surface area contributed by atoms with Crippen molar-refractivity contribution in [1.82, 2.24) is 4.98 Å². The monoisotopic (exact) mass is 401 g/mol. The normalized spacial score (nSPS) is 11.1. The minimum absolute atomic E-state index is 0.152. The van der Waals surface area contributed by atoms with Crippen LogP contribution in [0.15, 0.2) is 58.8 Å². The molecule has 0 aliphatic heterocycles. The number of anilines is 1. The van der Waals surface area contributed by atoms with Gasteiger partial charge >= 0.3 is 0 Å². The molecular weight excluding hydrogens is 386 g/mol. The predicted octanol–water partition coefficient (Wildman–Crippen LogP) is 2.56. The summed E-state index contributed by atoms with van der Waals surface area (Å²) in [6.45, 7) is 0. The number of rotatable bonds is 5. The van der Waals surface area contributed by atoms with Crippen LogP contribution in [0.1, 0.15) is 20.8 Å². The molecule has 0 spiro atoms. The summed E-state index contributed by atoms with van der Waals surface area (Å²) in [6, 6.07) is 12.8. The van der Waals surface area contributed by atoms with Crippen LogP contribution in [0.3, 0.4) is 0 Å². The van der Waals surface area contributed by atoms with Gasteiger partial charge in [0.25, 0.3) is 11.8 Å². The Morgan fingerprint density at radius 2 is 1.85 bits per heavy atom. The van der Waals surface area contributed by atoms with Crippen molar-refractivity contribution in [2.75, 3.05) is 11.6 Å². The quantitative estimate of drug-likeness (QED) is 0.681. The summed E-state index contributed by atoms with van der Waals surface area (Å²) >= 11 is 1.21. The summed E-state index contributed by atoms with van der Waals surface area (Å²) in [4.78, 5) is 28.3. The van der Waals surface area contributed by atoms with E-state index in [2.05, 4.69) is 10.3 Å². The number of carbonyl (C=O) groups excluding carboxylic acids is 2. The summed E-state index contributed by atoms with van der Waals surface area (Å²) in [6.07, 6.45) is 1.13. The Bertz CT molecular complexity index is 1140. The highest BCUT2D eigenvalue weighted by Gasteiger charge is 2.16. The molecule has 2 amide bonds. The average molecular weight is 401 g/mol. The maximum absolute atomic E-state index is 12.4. The lowest BCUT2D eigenvalue weighted by Crippen LogP contribution is -2.18. The van der Waals surface area contributed by atoms with Crippen molar-refractivity contribution in [2.45, 2.75) is 4.90 Å². The van der Waals surface area contributed by atoms with Gasteiger partial charge in [0.2, 0.25) is 0 Å². The van der Waals surface area contributed by atoms with Gasteiger partial charge < -0.3 is 11.1 Å². The SMILES string of the molecule is CS(=O)(=O)c1cccc(-c2nc(C(=O)Nc3ccccc3C(N)=O)cs2)c1. The summed E-state index contributed by atoms with van der Waals surface area (Å²) < 4.78 is 23.4. The molecule has 0 atom stereocenters. The van der Waals surface area contributed by atoms with Gasteiger partial charge in [0.15, 0.2) is 9.84 Å². The van der Waals surface area contributed by atoms with Gasteiger partial charge in [-0.05, 0) is 24.3 Å². The van der Waals surface area contributed by atoms with E-state index >= 15 is 0 Å². The number of carbonyl (C=O) groups is 2. The first-order chi connectivity index (χ1) is 12.8. The molecule has 0 bridgehead atoms. The molecule has 3 rings (SSSR count). The Hall–Kier alpha value is -3.04. The largest absolute Gasteiger partial charge is 0.366 e. The third kappa shape index (κ3) is 4.21. The van der Waals surface area contributed by atoms with Crippen LogP contribution in [-0.4, -0.2) is 31.5 Å². The molecule has 7 nitrogen and oxygen atoms in total. The fraction of sp³-hybridized carbons (Fsp3) is 0.0556. The van der Waals surface area contributed by atoms with E-state index in [9.17, 15) is 18.0 Å². The van der Waals surface area contributed by atoms with Crippen molar-refractivity contribution in [3.63, 3.8) is 0 Å². The molecule has 0 radical (unpaired) electrons. The summed E-state index contributed by atoms with van der Waals surface area (Å²) in [5, 5.41) is 4.69. The van der Waals surface area contributed by atoms with E-state index in [1.54, 1.807) is 35.7 Å². The molecule has 0 saturated carbocycles. The van der Waals surface area contributed by atoms with E-state index in [0.717, 1.165) is 6.26 Å². The van der Waals surface area contributed by atoms with Gasteiger partial charge in [-0.1, -0.05) is 24.3 Å². The summed E-state index contributed by atoms with van der Waals surface area (Å²) in [7, 11) is -3.34. The molecule has 0 unspecified atom stereocenters. The second kappa shape index (κ2) is 7.29. The van der Waals surface area contributed by atoms with E-state index in [1.807, 2.05) is 0 Å². The molecule has 0 aliphatic carbocycles. The number of hydrogen-bond acceptors (Lipinski definition) is 6. The Balaban J connectivity index is 1.86. The minimum Gasteiger partial charge on any atom is -0.366 e. The minimum atomic E-state index is -3.34. The van der Waals surface area contributed by atoms with Crippen molar-refractivity contribution >= 4 is 38.7 Å². The smallest absolute Gasteiger partial charge is 0.275 e. The van der Waals surface area contributed by atoms with Crippen molar-refractivity contribution < 1.29 is 18.0 Å². The molecular formula is C18H15N3O4S2. The number of benzene rings is 2. The zero-order valence-corrected chi connectivity index (χ0v) is 15.8. The van der Waals surface area contributed by atoms with E-state index < -0.39 is 21.7 Å². The van der Waals surface area contributed by atoms with Crippen LogP contribution in [0.25, 0.3) is 10.6 Å². The molecule has 0 saturated heterocycles. The van der Waals surface area contributed by atoms with Crippen LogP contribution in [0.4, 0.5) is 5.69 Å². The fourth-order valence-corrected chi connectivity index (χ4v) is 3.83. The number of nitrogens with zero attached hydrogens (tertiary/aromatic N) is 1. The van der Waals surface area contributed by atoms with Crippen molar-refractivity contribution in [1.29, 1.82) is 0 Å². The van der Waals surface area contributed by atoms with Crippen LogP contribution in [0.5, 0.6) is 0 Å². The number of sulfone groups is 1. The van der Waals surface area contributed by atoms with Gasteiger partial charge in [-0.3, -0.25) is 9.59 Å². The zero-order valence-electron chi connectivity index (χ0n) is 14.2. The van der Waals surface area contributed by atoms with Crippen molar-refractivity contribution in [3.05, 3.63) is 65.2 Å². The van der Waals surface area contributed by atoms with E-state index in [1.165, 1.54) is 29.5 Å². The molecule has 3 N–H and O–H groups in total. The van der Waals surface area contributed by atoms with Gasteiger partial charge in [0.1, 0.15) is 10.7 Å². The predicted molar refractivity (Wildman–Crippen MR) is 104 cm³/mol. The third-order valence-electron chi connectivity index (χ3n) is 3.69. The number of amides is 2. The topological polar surface area (TPSA) is 119 Å². The highest BCUT2D eigenvalue weighted by molar-refractivity contribution is 7.90. The maximum Gasteiger partial charge on any atom is 0.275 e. The Morgan fingerprint density at radius 3 is 2.56 bits per heavy atom. The second-order valence-electron chi connectivity index (χ2n) is 5.70. The number of primary amides is 1. The van der Waals surface area contributed by atoms with Gasteiger partial charge in [-0.15, -0.1) is 11.3 Å². The maximum atomic E-state index is 12.4. The second-order valence-corrected chi connectivity index (χ2v) is 8.58. The number of para-hydroxylation sites is 1. The van der Waals surface area contributed by atoms with Crippen molar-refractivity contribution in [2.24, 2.45) is 5.73 Å². The first-order valence-corrected chi connectivity index (χ1v) is 10.5. The standard InChI is InChI=1S/C18H15N3O4S2/c1-27(24,25)12-6-4-5-11(9-12)18-21-15(10-26-18)17(23)20-14-8-3-2-7-13(14)16(19)22/h2-10H,1H3,(H2,19,22)(H,20,23). The highest BCUT2D eigenvalue weighted by Crippen LogP contribution is 2.26. The summed E-state index contributed by atoms with van der Waals surface area (Å²) in [5.41, 5.74) is 6.55. The Labute approximate surface area is 159 Å². The lowest BCUT2D eigenvalue weighted by atomic mass is 10.1. The molecule has 0 fully saturated rings. The lowest BCUT2D eigenvalue weighted by molar-refractivity contribution is 0.100. The molecule has 1 heterocycles. The van der Waals surface area contributed by atoms with Gasteiger partial charge in [0, 0.05) is 17.2 Å². The zero-order chi connectivity index (χ0) is 19.6. The number of hydrogen-bond donors (Lipinski definition) is 2. The van der Waals surface area contributed by atoms with E-state index in [4.69, 9.17) is 5.73 Å². The number of aromatic nitrogens is 1. The fourth-order valence-electron chi connectivity index (χ4n) is 2.36. The van der Waals surface area contributed by atoms with Gasteiger partial charge in [-0.2, -0.15) is 0 Å². The lowest BCUT2D eigenvalue weighted by Gasteiger charge is -2.07. The van der Waals surface area contributed by atoms with Crippen LogP contribution >= 0.6 is 11.3 Å². The molecule has 1 aromatic heterocycles. The van der Waals surface area contributed by atoms with Crippen LogP contribution in [-0.2, 0) is 9.84 Å². The van der Waals surface area contributed by atoms with Crippen LogP contribution in [0.2, 0.25) is 0 Å². The molecule has 3 aromatic rings. The molecule has 0 aliphatic rings. The Kier molecular flexibility index (Phi) is 5.06. The first-order valence-electron chi connectivity index (χ1n) is 7.72. The molecule has 2 aromatic carbocycles. The van der Waals surface area contributed by atoms with E-state index in [0.29, 0.717) is 16.3 Å². The van der Waals surface area contributed by atoms with Gasteiger partial charge in [-0.25, -0.2) is 13.4 Å². The third-order valence-corrected chi connectivity index (χ3v) is 5.69. The van der Waals surface area contributed by atoms with Crippen LogP contribution < -0.4 is 11.1 Å². The first kappa shape index (κ1) is 18.7. The van der Waals surface area contributed by atoms with E-state index in [-0.39, 0.29) is 16.2 Å². The molecule has 9 heteroatoms. The van der Waals surface area contributed by atoms with Gasteiger partial charge in [0.05, 0.1) is 16.1 Å². The van der Waals surface area contributed by atoms with Crippen LogP contribution in [0, 0.1) is 0 Å². The number of nitrogens with one attached hydrogen (secondary N) is 1.